The lowest BCUT2D eigenvalue weighted by atomic mass is 10.2. The van der Waals surface area contributed by atoms with Crippen molar-refractivity contribution in [3.05, 3.63) is 59.9 Å². The van der Waals surface area contributed by atoms with E-state index < -0.39 is 6.09 Å². The molecule has 0 bridgehead atoms. The number of guanidine groups is 1. The number of nitrogens with one attached hydrogen (secondary N) is 3. The molecule has 0 saturated carbocycles. The Morgan fingerprint density at radius 2 is 1.96 bits per heavy atom. The largest absolute Gasteiger partial charge is 0.453 e. The molecule has 25 heavy (non-hydrogen) atoms. The van der Waals surface area contributed by atoms with E-state index in [2.05, 4.69) is 30.7 Å². The summed E-state index contributed by atoms with van der Waals surface area (Å²) in [6, 6.07) is 13.4. The van der Waals surface area contributed by atoms with Crippen LogP contribution in [0.2, 0.25) is 0 Å². The highest BCUT2D eigenvalue weighted by atomic mass is 16.5. The second kappa shape index (κ2) is 9.92. The summed E-state index contributed by atoms with van der Waals surface area (Å²) in [5.41, 5.74) is 2.80. The first-order valence-corrected chi connectivity index (χ1v) is 7.99. The van der Waals surface area contributed by atoms with Crippen LogP contribution in [-0.2, 0) is 17.7 Å². The van der Waals surface area contributed by atoms with Crippen LogP contribution in [0.3, 0.4) is 0 Å². The highest BCUT2D eigenvalue weighted by Gasteiger charge is 2.02. The van der Waals surface area contributed by atoms with Crippen LogP contribution in [0.1, 0.15) is 11.3 Å². The summed E-state index contributed by atoms with van der Waals surface area (Å²) in [6.45, 7) is 1.38. The average Bonchev–Trinajstić information content (AvgIpc) is 2.66. The molecule has 1 heterocycles. The second-order valence-electron chi connectivity index (χ2n) is 5.24. The SMILES string of the molecule is CN=C(NCCc1ccccn1)NCc1ccc(NC(=O)OC)cc1. The van der Waals surface area contributed by atoms with Crippen molar-refractivity contribution in [3.63, 3.8) is 0 Å². The number of carbonyl (C=O) groups excluding carboxylic acids is 1. The monoisotopic (exact) mass is 341 g/mol. The molecule has 0 unspecified atom stereocenters. The number of rotatable bonds is 6. The van der Waals surface area contributed by atoms with Gasteiger partial charge in [-0.25, -0.2) is 4.79 Å². The van der Waals surface area contributed by atoms with Crippen LogP contribution in [0, 0.1) is 0 Å². The first-order valence-electron chi connectivity index (χ1n) is 7.99. The fraction of sp³-hybridized carbons (Fsp3) is 0.278. The van der Waals surface area contributed by atoms with Crippen LogP contribution in [-0.4, -0.2) is 37.7 Å². The van der Waals surface area contributed by atoms with Gasteiger partial charge in [-0.3, -0.25) is 15.3 Å². The van der Waals surface area contributed by atoms with E-state index in [1.54, 1.807) is 13.2 Å². The minimum atomic E-state index is -0.483. The second-order valence-corrected chi connectivity index (χ2v) is 5.24. The Kier molecular flexibility index (Phi) is 7.24. The minimum absolute atomic E-state index is 0.483. The van der Waals surface area contributed by atoms with Gasteiger partial charge in [0.2, 0.25) is 0 Å². The molecule has 2 rings (SSSR count). The van der Waals surface area contributed by atoms with Crippen LogP contribution >= 0.6 is 0 Å². The molecule has 7 heteroatoms. The highest BCUT2D eigenvalue weighted by Crippen LogP contribution is 2.09. The Labute approximate surface area is 147 Å². The molecule has 1 amide bonds. The van der Waals surface area contributed by atoms with Gasteiger partial charge in [0.05, 0.1) is 7.11 Å². The number of methoxy groups -OCH3 is 1. The number of amides is 1. The molecule has 0 radical (unpaired) electrons. The molecule has 0 aliphatic carbocycles. The molecule has 0 fully saturated rings. The summed E-state index contributed by atoms with van der Waals surface area (Å²) in [5, 5.41) is 9.12. The number of hydrogen-bond acceptors (Lipinski definition) is 4. The molecule has 1 aromatic carbocycles. The Morgan fingerprint density at radius 3 is 2.60 bits per heavy atom. The first kappa shape index (κ1) is 18.3. The summed E-state index contributed by atoms with van der Waals surface area (Å²) >= 11 is 0. The van der Waals surface area contributed by atoms with E-state index >= 15 is 0 Å². The van der Waals surface area contributed by atoms with Crippen LogP contribution in [0.5, 0.6) is 0 Å². The topological polar surface area (TPSA) is 87.6 Å². The lowest BCUT2D eigenvalue weighted by molar-refractivity contribution is 0.187. The van der Waals surface area contributed by atoms with E-state index in [1.165, 1.54) is 7.11 Å². The number of aromatic nitrogens is 1. The first-order chi connectivity index (χ1) is 12.2. The van der Waals surface area contributed by atoms with Crippen molar-refractivity contribution in [2.24, 2.45) is 4.99 Å². The van der Waals surface area contributed by atoms with E-state index in [4.69, 9.17) is 0 Å². The number of carbonyl (C=O) groups is 1. The molecule has 0 aliphatic rings. The Balaban J connectivity index is 1.75. The van der Waals surface area contributed by atoms with Gasteiger partial charge in [-0.15, -0.1) is 0 Å². The lowest BCUT2D eigenvalue weighted by Crippen LogP contribution is -2.37. The van der Waals surface area contributed by atoms with Crippen LogP contribution in [0.15, 0.2) is 53.7 Å². The van der Waals surface area contributed by atoms with Gasteiger partial charge in [-0.1, -0.05) is 18.2 Å². The van der Waals surface area contributed by atoms with Crippen LogP contribution < -0.4 is 16.0 Å². The van der Waals surface area contributed by atoms with Gasteiger partial charge in [0, 0.05) is 44.1 Å². The third-order valence-corrected chi connectivity index (χ3v) is 3.47. The van der Waals surface area contributed by atoms with E-state index in [0.717, 1.165) is 30.2 Å². The molecular formula is C18H23N5O2. The van der Waals surface area contributed by atoms with E-state index in [0.29, 0.717) is 12.2 Å². The van der Waals surface area contributed by atoms with E-state index in [1.807, 2.05) is 42.5 Å². The zero-order chi connectivity index (χ0) is 17.9. The third-order valence-electron chi connectivity index (χ3n) is 3.47. The average molecular weight is 341 g/mol. The fourth-order valence-corrected chi connectivity index (χ4v) is 2.14. The predicted molar refractivity (Wildman–Crippen MR) is 98.6 cm³/mol. The number of hydrogen-bond donors (Lipinski definition) is 3. The number of anilines is 1. The molecule has 132 valence electrons. The summed E-state index contributed by atoms with van der Waals surface area (Å²) in [7, 11) is 3.07. The van der Waals surface area contributed by atoms with Crippen molar-refractivity contribution in [2.45, 2.75) is 13.0 Å². The third kappa shape index (κ3) is 6.50. The van der Waals surface area contributed by atoms with Crippen molar-refractivity contribution in [1.82, 2.24) is 15.6 Å². The summed E-state index contributed by atoms with van der Waals surface area (Å²) in [4.78, 5) is 19.6. The predicted octanol–water partition coefficient (Wildman–Crippen LogP) is 2.17. The fourth-order valence-electron chi connectivity index (χ4n) is 2.14. The van der Waals surface area contributed by atoms with Crippen molar-refractivity contribution >= 4 is 17.7 Å². The maximum absolute atomic E-state index is 11.1. The van der Waals surface area contributed by atoms with Crippen molar-refractivity contribution in [3.8, 4) is 0 Å². The van der Waals surface area contributed by atoms with E-state index in [-0.39, 0.29) is 0 Å². The zero-order valence-corrected chi connectivity index (χ0v) is 14.5. The quantitative estimate of drug-likeness (QED) is 0.554. The standard InChI is InChI=1S/C18H23N5O2/c1-19-17(21-12-10-15-5-3-4-11-20-15)22-13-14-6-8-16(9-7-14)23-18(24)25-2/h3-9,11H,10,12-13H2,1-2H3,(H,23,24)(H2,19,21,22). The molecule has 1 aromatic heterocycles. The molecule has 7 nitrogen and oxygen atoms in total. The molecule has 2 aromatic rings. The Morgan fingerprint density at radius 1 is 1.16 bits per heavy atom. The van der Waals surface area contributed by atoms with E-state index in [9.17, 15) is 4.79 Å². The molecule has 0 aliphatic heterocycles. The Bertz CT molecular complexity index is 686. The minimum Gasteiger partial charge on any atom is -0.453 e. The van der Waals surface area contributed by atoms with Crippen molar-refractivity contribution in [2.75, 3.05) is 26.0 Å². The molecule has 3 N–H and O–H groups in total. The Hall–Kier alpha value is -3.09. The van der Waals surface area contributed by atoms with Crippen molar-refractivity contribution < 1.29 is 9.53 Å². The van der Waals surface area contributed by atoms with Crippen molar-refractivity contribution in [1.29, 1.82) is 0 Å². The van der Waals surface area contributed by atoms with Gasteiger partial charge >= 0.3 is 6.09 Å². The smallest absolute Gasteiger partial charge is 0.411 e. The van der Waals surface area contributed by atoms with Gasteiger partial charge in [0.25, 0.3) is 0 Å². The molecule has 0 atom stereocenters. The summed E-state index contributed by atoms with van der Waals surface area (Å²) in [6.07, 6.45) is 2.14. The number of pyridine rings is 1. The number of ether oxygens (including phenoxy) is 1. The molecule has 0 saturated heterocycles. The van der Waals surface area contributed by atoms with Crippen LogP contribution in [0.25, 0.3) is 0 Å². The maximum Gasteiger partial charge on any atom is 0.411 e. The van der Waals surface area contributed by atoms with Crippen LogP contribution in [0.4, 0.5) is 10.5 Å². The van der Waals surface area contributed by atoms with Gasteiger partial charge in [-0.2, -0.15) is 0 Å². The maximum atomic E-state index is 11.1. The molecular weight excluding hydrogens is 318 g/mol. The van der Waals surface area contributed by atoms with Gasteiger partial charge in [-0.05, 0) is 29.8 Å². The highest BCUT2D eigenvalue weighted by molar-refractivity contribution is 5.84. The number of benzene rings is 1. The van der Waals surface area contributed by atoms with Gasteiger partial charge in [0.15, 0.2) is 5.96 Å². The number of aliphatic imine (C=N–C) groups is 1. The van der Waals surface area contributed by atoms with Gasteiger partial charge < -0.3 is 15.4 Å². The summed E-state index contributed by atoms with van der Waals surface area (Å²) < 4.78 is 4.56. The lowest BCUT2D eigenvalue weighted by Gasteiger charge is -2.12. The normalized spacial score (nSPS) is 10.9. The summed E-state index contributed by atoms with van der Waals surface area (Å²) in [5.74, 6) is 0.729. The number of nitrogens with zero attached hydrogens (tertiary/aromatic N) is 2. The zero-order valence-electron chi connectivity index (χ0n) is 14.5. The molecule has 0 spiro atoms. The van der Waals surface area contributed by atoms with Gasteiger partial charge in [0.1, 0.15) is 0 Å².